The molecule has 1 saturated heterocycles. The number of amides is 2. The van der Waals surface area contributed by atoms with Gasteiger partial charge in [0.15, 0.2) is 6.10 Å². The van der Waals surface area contributed by atoms with Gasteiger partial charge in [-0.15, -0.1) is 0 Å². The van der Waals surface area contributed by atoms with Gasteiger partial charge in [0.05, 0.1) is 12.5 Å². The molecule has 0 aromatic heterocycles. The van der Waals surface area contributed by atoms with Crippen LogP contribution in [-0.4, -0.2) is 62.1 Å². The van der Waals surface area contributed by atoms with Gasteiger partial charge >= 0.3 is 5.97 Å². The second kappa shape index (κ2) is 10.0. The topological polar surface area (TPSA) is 84.9 Å². The highest BCUT2D eigenvalue weighted by Crippen LogP contribution is 2.21. The number of hydrogen-bond acceptors (Lipinski definition) is 5. The molecule has 27 heavy (non-hydrogen) atoms. The Bertz CT molecular complexity index is 657. The lowest BCUT2D eigenvalue weighted by Gasteiger charge is -2.31. The molecule has 1 aromatic carbocycles. The Morgan fingerprint density at radius 2 is 1.85 bits per heavy atom. The average Bonchev–Trinajstić information content (AvgIpc) is 2.68. The van der Waals surface area contributed by atoms with Gasteiger partial charge in [-0.25, -0.2) is 4.39 Å². The Balaban J connectivity index is 1.79. The van der Waals surface area contributed by atoms with E-state index in [4.69, 9.17) is 9.47 Å². The number of halogens is 1. The molecule has 7 nitrogen and oxygen atoms in total. The van der Waals surface area contributed by atoms with E-state index in [-0.39, 0.29) is 17.7 Å². The molecule has 8 heteroatoms. The molecule has 148 valence electrons. The first kappa shape index (κ1) is 20.8. The molecule has 0 bridgehead atoms. The van der Waals surface area contributed by atoms with Gasteiger partial charge < -0.3 is 19.7 Å². The summed E-state index contributed by atoms with van der Waals surface area (Å²) in [7, 11) is 1.53. The number of carbonyl (C=O) groups excluding carboxylic acids is 3. The largest absolute Gasteiger partial charge is 0.452 e. The highest BCUT2D eigenvalue weighted by Gasteiger charge is 2.30. The summed E-state index contributed by atoms with van der Waals surface area (Å²) in [5.74, 6) is -1.74. The molecule has 2 rings (SSSR count). The van der Waals surface area contributed by atoms with Crippen LogP contribution in [0.1, 0.15) is 30.1 Å². The monoisotopic (exact) mass is 380 g/mol. The second-order valence-electron chi connectivity index (χ2n) is 6.44. The molecule has 0 saturated carbocycles. The number of nitrogens with zero attached hydrogens (tertiary/aromatic N) is 1. The van der Waals surface area contributed by atoms with Gasteiger partial charge in [-0.1, -0.05) is 0 Å². The summed E-state index contributed by atoms with van der Waals surface area (Å²) >= 11 is 0. The molecule has 0 radical (unpaired) electrons. The summed E-state index contributed by atoms with van der Waals surface area (Å²) in [6.45, 7) is 3.07. The van der Waals surface area contributed by atoms with Crippen molar-refractivity contribution in [3.63, 3.8) is 0 Å². The van der Waals surface area contributed by atoms with E-state index < -0.39 is 17.9 Å². The number of likely N-dealkylation sites (tertiary alicyclic amines) is 1. The Morgan fingerprint density at radius 3 is 2.44 bits per heavy atom. The fourth-order valence-electron chi connectivity index (χ4n) is 2.84. The number of benzene rings is 1. The number of rotatable bonds is 7. The Kier molecular flexibility index (Phi) is 7.72. The highest BCUT2D eigenvalue weighted by atomic mass is 19.1. The molecule has 2 amide bonds. The maximum Gasteiger partial charge on any atom is 0.309 e. The van der Waals surface area contributed by atoms with Crippen molar-refractivity contribution in [1.82, 2.24) is 10.2 Å². The lowest BCUT2D eigenvalue weighted by molar-refractivity contribution is -0.160. The third-order valence-corrected chi connectivity index (χ3v) is 4.47. The predicted molar refractivity (Wildman–Crippen MR) is 95.5 cm³/mol. The summed E-state index contributed by atoms with van der Waals surface area (Å²) in [5, 5.41) is 2.62. The summed E-state index contributed by atoms with van der Waals surface area (Å²) in [6, 6.07) is 5.39. The SMILES string of the molecule is COCCNC(=O)[C@@H](C)OC(=O)C1CCN(C(=O)c2ccc(F)cc2)CC1. The van der Waals surface area contributed by atoms with Crippen molar-refractivity contribution in [2.45, 2.75) is 25.9 Å². The van der Waals surface area contributed by atoms with Crippen molar-refractivity contribution >= 4 is 17.8 Å². The van der Waals surface area contributed by atoms with Crippen LogP contribution in [0.3, 0.4) is 0 Å². The van der Waals surface area contributed by atoms with Crippen LogP contribution in [0.25, 0.3) is 0 Å². The van der Waals surface area contributed by atoms with Gasteiger partial charge in [-0.05, 0) is 44.0 Å². The Hall–Kier alpha value is -2.48. The Labute approximate surface area is 157 Å². The number of nitrogens with one attached hydrogen (secondary N) is 1. The minimum Gasteiger partial charge on any atom is -0.452 e. The van der Waals surface area contributed by atoms with Gasteiger partial charge in [-0.3, -0.25) is 14.4 Å². The summed E-state index contributed by atoms with van der Waals surface area (Å²) in [5.41, 5.74) is 0.416. The van der Waals surface area contributed by atoms with Crippen LogP contribution in [-0.2, 0) is 19.1 Å². The summed E-state index contributed by atoms with van der Waals surface area (Å²) < 4.78 is 23.1. The first-order chi connectivity index (χ1) is 12.9. The van der Waals surface area contributed by atoms with Crippen molar-refractivity contribution in [2.75, 3.05) is 33.4 Å². The van der Waals surface area contributed by atoms with Crippen molar-refractivity contribution in [3.8, 4) is 0 Å². The molecule has 1 heterocycles. The first-order valence-electron chi connectivity index (χ1n) is 8.94. The highest BCUT2D eigenvalue weighted by molar-refractivity contribution is 5.94. The van der Waals surface area contributed by atoms with Crippen LogP contribution in [0, 0.1) is 11.7 Å². The number of methoxy groups -OCH3 is 1. The standard InChI is InChI=1S/C19H25FN2O5/c1-13(17(23)21-9-12-26-2)27-19(25)15-7-10-22(11-8-15)18(24)14-3-5-16(20)6-4-14/h3-6,13,15H,7-12H2,1-2H3,(H,21,23)/t13-/m1/s1. The fraction of sp³-hybridized carbons (Fsp3) is 0.526. The number of esters is 1. The Morgan fingerprint density at radius 1 is 1.22 bits per heavy atom. The molecule has 0 unspecified atom stereocenters. The quantitative estimate of drug-likeness (QED) is 0.571. The first-order valence-corrected chi connectivity index (χ1v) is 8.94. The fourth-order valence-corrected chi connectivity index (χ4v) is 2.84. The predicted octanol–water partition coefficient (Wildman–Crippen LogP) is 1.37. The van der Waals surface area contributed by atoms with Crippen LogP contribution in [0.5, 0.6) is 0 Å². The van der Waals surface area contributed by atoms with E-state index >= 15 is 0 Å². The van der Waals surface area contributed by atoms with Crippen molar-refractivity contribution in [3.05, 3.63) is 35.6 Å². The van der Waals surface area contributed by atoms with Gasteiger partial charge in [0.1, 0.15) is 5.82 Å². The summed E-state index contributed by atoms with van der Waals surface area (Å²) in [4.78, 5) is 38.1. The van der Waals surface area contributed by atoms with Crippen LogP contribution in [0.4, 0.5) is 4.39 Å². The van der Waals surface area contributed by atoms with Crippen molar-refractivity contribution < 1.29 is 28.2 Å². The van der Waals surface area contributed by atoms with Crippen LogP contribution < -0.4 is 5.32 Å². The molecule has 1 aromatic rings. The second-order valence-corrected chi connectivity index (χ2v) is 6.44. The molecular formula is C19H25FN2O5. The summed E-state index contributed by atoms with van der Waals surface area (Å²) in [6.07, 6.45) is 0.0429. The van der Waals surface area contributed by atoms with Crippen LogP contribution in [0.2, 0.25) is 0 Å². The zero-order chi connectivity index (χ0) is 19.8. The van der Waals surface area contributed by atoms with Crippen LogP contribution >= 0.6 is 0 Å². The molecule has 1 aliphatic rings. The van der Waals surface area contributed by atoms with Gasteiger partial charge in [-0.2, -0.15) is 0 Å². The maximum absolute atomic E-state index is 13.0. The number of ether oxygens (including phenoxy) is 2. The lowest BCUT2D eigenvalue weighted by Crippen LogP contribution is -2.42. The van der Waals surface area contributed by atoms with E-state index in [0.29, 0.717) is 44.6 Å². The van der Waals surface area contributed by atoms with E-state index in [1.165, 1.54) is 38.3 Å². The average molecular weight is 380 g/mol. The third kappa shape index (κ3) is 6.02. The van der Waals surface area contributed by atoms with Crippen LogP contribution in [0.15, 0.2) is 24.3 Å². The smallest absolute Gasteiger partial charge is 0.309 e. The lowest BCUT2D eigenvalue weighted by atomic mass is 9.96. The number of piperidine rings is 1. The van der Waals surface area contributed by atoms with E-state index in [2.05, 4.69) is 5.32 Å². The molecule has 1 atom stereocenters. The van der Waals surface area contributed by atoms with Gasteiger partial charge in [0, 0.05) is 32.3 Å². The number of carbonyl (C=O) groups is 3. The third-order valence-electron chi connectivity index (χ3n) is 4.47. The minimum absolute atomic E-state index is 0.187. The molecule has 1 aliphatic heterocycles. The zero-order valence-electron chi connectivity index (χ0n) is 15.6. The van der Waals surface area contributed by atoms with Crippen molar-refractivity contribution in [1.29, 1.82) is 0 Å². The van der Waals surface area contributed by atoms with E-state index in [0.717, 1.165) is 0 Å². The molecule has 0 aliphatic carbocycles. The maximum atomic E-state index is 13.0. The number of hydrogen-bond donors (Lipinski definition) is 1. The molecule has 1 fully saturated rings. The van der Waals surface area contributed by atoms with E-state index in [9.17, 15) is 18.8 Å². The zero-order valence-corrected chi connectivity index (χ0v) is 15.6. The molecule has 0 spiro atoms. The van der Waals surface area contributed by atoms with Gasteiger partial charge in [0.25, 0.3) is 11.8 Å². The van der Waals surface area contributed by atoms with Gasteiger partial charge in [0.2, 0.25) is 0 Å². The van der Waals surface area contributed by atoms with E-state index in [1.54, 1.807) is 4.90 Å². The minimum atomic E-state index is -0.881. The van der Waals surface area contributed by atoms with E-state index in [1.807, 2.05) is 0 Å². The molecule has 1 N–H and O–H groups in total. The normalized spacial score (nSPS) is 15.9. The molecular weight excluding hydrogens is 355 g/mol. The van der Waals surface area contributed by atoms with Crippen molar-refractivity contribution in [2.24, 2.45) is 5.92 Å².